The molecule has 3 saturated carbocycles. The van der Waals surface area contributed by atoms with E-state index >= 15 is 0 Å². The fourth-order valence-electron chi connectivity index (χ4n) is 5.63. The van der Waals surface area contributed by atoms with Crippen LogP contribution in [0.2, 0.25) is 0 Å². The van der Waals surface area contributed by atoms with Crippen molar-refractivity contribution in [3.05, 3.63) is 45.8 Å². The molecular formula is C25H30BrNO3S. The summed E-state index contributed by atoms with van der Waals surface area (Å²) in [6.07, 6.45) is 9.24. The minimum absolute atomic E-state index is 0.0273. The predicted molar refractivity (Wildman–Crippen MR) is 130 cm³/mol. The Balaban J connectivity index is 1.46. The van der Waals surface area contributed by atoms with Gasteiger partial charge in [-0.1, -0.05) is 38.1 Å². The normalized spacial score (nSPS) is 26.7. The Morgan fingerprint density at radius 3 is 2.84 bits per heavy atom. The van der Waals surface area contributed by atoms with Crippen LogP contribution in [0.15, 0.2) is 40.2 Å². The third-order valence-corrected chi connectivity index (χ3v) is 9.56. The van der Waals surface area contributed by atoms with E-state index in [-0.39, 0.29) is 18.4 Å². The van der Waals surface area contributed by atoms with Gasteiger partial charge < -0.3 is 10.4 Å². The molecule has 6 heteroatoms. The van der Waals surface area contributed by atoms with Crippen LogP contribution in [0, 0.1) is 23.2 Å². The first-order chi connectivity index (χ1) is 14.8. The Kier molecular flexibility index (Phi) is 6.59. The average molecular weight is 504 g/mol. The molecule has 31 heavy (non-hydrogen) atoms. The Labute approximate surface area is 196 Å². The summed E-state index contributed by atoms with van der Waals surface area (Å²) in [6.45, 7) is 4.74. The molecule has 4 nitrogen and oxygen atoms in total. The van der Waals surface area contributed by atoms with Gasteiger partial charge in [0.2, 0.25) is 0 Å². The highest BCUT2D eigenvalue weighted by Crippen LogP contribution is 2.62. The molecular weight excluding hydrogens is 474 g/mol. The highest BCUT2D eigenvalue weighted by atomic mass is 79.9. The van der Waals surface area contributed by atoms with E-state index in [1.54, 1.807) is 11.3 Å². The van der Waals surface area contributed by atoms with Crippen LogP contribution in [0.25, 0.3) is 10.1 Å². The maximum atomic E-state index is 13.3. The van der Waals surface area contributed by atoms with E-state index in [0.717, 1.165) is 39.4 Å². The number of rotatable bonds is 8. The van der Waals surface area contributed by atoms with E-state index in [1.807, 2.05) is 23.6 Å². The van der Waals surface area contributed by atoms with Crippen LogP contribution in [-0.2, 0) is 4.79 Å². The Bertz CT molecular complexity index is 1010. The van der Waals surface area contributed by atoms with Crippen LogP contribution in [0.3, 0.4) is 0 Å². The average Bonchev–Trinajstić information content (AvgIpc) is 3.11. The number of halogens is 1. The molecule has 2 N–H and O–H groups in total. The van der Waals surface area contributed by atoms with Gasteiger partial charge in [-0.05, 0) is 77.3 Å². The number of carboxylic acid groups (broad SMARTS) is 1. The quantitative estimate of drug-likeness (QED) is 0.313. The van der Waals surface area contributed by atoms with Gasteiger partial charge in [0.15, 0.2) is 0 Å². The van der Waals surface area contributed by atoms with Gasteiger partial charge >= 0.3 is 5.97 Å². The minimum Gasteiger partial charge on any atom is -0.481 e. The molecule has 0 saturated heterocycles. The summed E-state index contributed by atoms with van der Waals surface area (Å²) in [6, 6.07) is 6.11. The summed E-state index contributed by atoms with van der Waals surface area (Å²) in [5.74, 6) is 1.00. The first-order valence-corrected chi connectivity index (χ1v) is 12.8. The molecule has 3 aliphatic carbocycles. The lowest BCUT2D eigenvalue weighted by molar-refractivity contribution is -0.137. The number of benzene rings is 1. The second-order valence-electron chi connectivity index (χ2n) is 9.60. The number of fused-ring (bicyclic) bond motifs is 3. The number of amides is 1. The van der Waals surface area contributed by atoms with Gasteiger partial charge in [-0.3, -0.25) is 9.59 Å². The van der Waals surface area contributed by atoms with Crippen molar-refractivity contribution in [2.45, 2.75) is 58.4 Å². The fourth-order valence-corrected chi connectivity index (χ4v) is 7.32. The molecule has 5 rings (SSSR count). The Hall–Kier alpha value is -1.66. The number of unbranched alkanes of at least 4 members (excludes halogenated alkanes) is 1. The van der Waals surface area contributed by atoms with Crippen molar-refractivity contribution >= 4 is 49.2 Å². The van der Waals surface area contributed by atoms with Crippen molar-refractivity contribution in [2.24, 2.45) is 23.2 Å². The van der Waals surface area contributed by atoms with Gasteiger partial charge in [0.05, 0.1) is 5.56 Å². The molecule has 0 spiro atoms. The van der Waals surface area contributed by atoms with Crippen molar-refractivity contribution < 1.29 is 14.7 Å². The van der Waals surface area contributed by atoms with E-state index in [1.165, 1.54) is 6.42 Å². The topological polar surface area (TPSA) is 66.4 Å². The molecule has 4 atom stereocenters. The maximum absolute atomic E-state index is 13.3. The van der Waals surface area contributed by atoms with Crippen molar-refractivity contribution in [1.82, 2.24) is 5.32 Å². The Morgan fingerprint density at radius 1 is 1.29 bits per heavy atom. The lowest BCUT2D eigenvalue weighted by Gasteiger charge is -2.62. The summed E-state index contributed by atoms with van der Waals surface area (Å²) in [7, 11) is 0. The third kappa shape index (κ3) is 4.47. The lowest BCUT2D eigenvalue weighted by Crippen LogP contribution is -2.61. The number of hydrogen-bond acceptors (Lipinski definition) is 3. The molecule has 2 aromatic rings. The van der Waals surface area contributed by atoms with Crippen LogP contribution in [0.5, 0.6) is 0 Å². The summed E-state index contributed by atoms with van der Waals surface area (Å²) >= 11 is 5.18. The van der Waals surface area contributed by atoms with Gasteiger partial charge in [0.25, 0.3) is 5.91 Å². The molecule has 2 bridgehead atoms. The second kappa shape index (κ2) is 9.07. The molecule has 0 aliphatic heterocycles. The van der Waals surface area contributed by atoms with Crippen molar-refractivity contribution in [1.29, 1.82) is 0 Å². The zero-order valence-corrected chi connectivity index (χ0v) is 20.5. The van der Waals surface area contributed by atoms with Crippen molar-refractivity contribution in [3.8, 4) is 0 Å². The van der Waals surface area contributed by atoms with E-state index in [9.17, 15) is 9.59 Å². The van der Waals surface area contributed by atoms with Crippen LogP contribution in [-0.4, -0.2) is 23.0 Å². The van der Waals surface area contributed by atoms with E-state index in [2.05, 4.69) is 47.2 Å². The number of allylic oxidation sites excluding steroid dienone is 2. The van der Waals surface area contributed by atoms with Crippen molar-refractivity contribution in [3.63, 3.8) is 0 Å². The van der Waals surface area contributed by atoms with Crippen LogP contribution < -0.4 is 5.32 Å². The van der Waals surface area contributed by atoms with Crippen molar-refractivity contribution in [2.75, 3.05) is 0 Å². The predicted octanol–water partition coefficient (Wildman–Crippen LogP) is 6.65. The number of carbonyl (C=O) groups excluding carboxylic acids is 1. The van der Waals surface area contributed by atoms with Gasteiger partial charge in [0, 0.05) is 32.4 Å². The molecule has 1 aromatic carbocycles. The Morgan fingerprint density at radius 2 is 2.10 bits per heavy atom. The number of aliphatic carboxylic acids is 1. The number of thiophene rings is 1. The number of carbonyl (C=O) groups is 2. The molecule has 1 aromatic heterocycles. The van der Waals surface area contributed by atoms with E-state index in [0.29, 0.717) is 29.6 Å². The standard InChI is InChI=1S/C25H30BrNO3S/c1-25(2)15-12-19(25)16(8-5-3-4-6-11-22(28)29)21(13-15)27-24(30)18-10-7-9-17-20(26)14-31-23(17)18/h3,5,7,9-10,14-16,19,21H,4,6,8,11-13H2,1-2H3,(H,27,30)(H,28,29)/t15-,16+,19+,21?/m0/s1. The largest absolute Gasteiger partial charge is 0.481 e. The van der Waals surface area contributed by atoms with Gasteiger partial charge in [-0.25, -0.2) is 0 Å². The molecule has 3 aliphatic rings. The molecule has 3 fully saturated rings. The van der Waals surface area contributed by atoms with Crippen LogP contribution >= 0.6 is 27.3 Å². The highest BCUT2D eigenvalue weighted by Gasteiger charge is 2.57. The summed E-state index contributed by atoms with van der Waals surface area (Å²) < 4.78 is 2.07. The van der Waals surface area contributed by atoms with E-state index in [4.69, 9.17) is 5.11 Å². The number of carboxylic acids is 1. The smallest absolute Gasteiger partial charge is 0.303 e. The fraction of sp³-hybridized carbons (Fsp3) is 0.520. The zero-order chi connectivity index (χ0) is 22.2. The second-order valence-corrected chi connectivity index (χ2v) is 11.3. The first-order valence-electron chi connectivity index (χ1n) is 11.1. The van der Waals surface area contributed by atoms with Crippen LogP contribution in [0.4, 0.5) is 0 Å². The summed E-state index contributed by atoms with van der Waals surface area (Å²) in [4.78, 5) is 23.9. The lowest BCUT2D eigenvalue weighted by atomic mass is 9.44. The highest BCUT2D eigenvalue weighted by molar-refractivity contribution is 9.10. The third-order valence-electron chi connectivity index (χ3n) is 7.57. The van der Waals surface area contributed by atoms with Gasteiger partial charge in [-0.2, -0.15) is 0 Å². The number of hydrogen-bond donors (Lipinski definition) is 2. The molecule has 1 amide bonds. The van der Waals surface area contributed by atoms with Crippen LogP contribution in [0.1, 0.15) is 62.7 Å². The zero-order valence-electron chi connectivity index (χ0n) is 18.1. The van der Waals surface area contributed by atoms with E-state index < -0.39 is 5.97 Å². The van der Waals surface area contributed by atoms with Gasteiger partial charge in [-0.15, -0.1) is 11.3 Å². The minimum atomic E-state index is -0.737. The molecule has 1 unspecified atom stereocenters. The monoisotopic (exact) mass is 503 g/mol. The summed E-state index contributed by atoms with van der Waals surface area (Å²) in [5.41, 5.74) is 1.09. The molecule has 1 heterocycles. The maximum Gasteiger partial charge on any atom is 0.303 e. The first kappa shape index (κ1) is 22.5. The number of nitrogens with one attached hydrogen (secondary N) is 1. The summed E-state index contributed by atoms with van der Waals surface area (Å²) in [5, 5.41) is 15.3. The molecule has 166 valence electrons. The SMILES string of the molecule is CC1(C)[C@@H]2CC(NC(=O)c3cccc4c(Br)csc34)[C@H](CC=CCCCC(=O)O)[C@H]1C2. The van der Waals surface area contributed by atoms with Gasteiger partial charge in [0.1, 0.15) is 0 Å². The molecule has 0 radical (unpaired) electrons.